The van der Waals surface area contributed by atoms with Crippen LogP contribution in [0.2, 0.25) is 0 Å². The summed E-state index contributed by atoms with van der Waals surface area (Å²) in [5, 5.41) is 30.7. The fraction of sp³-hybridized carbons (Fsp3) is 0.167. The SMILES string of the molecule is CC(=O)O.Cc1cc(I)c(O)c(C=NCC(Cc2cccc3ccccc23)N=Cc2cc(I)cc(I)c2O)c1.[Co]. The largest absolute Gasteiger partial charge is 0.506 e. The van der Waals surface area contributed by atoms with Crippen molar-refractivity contribution in [2.24, 2.45) is 9.98 Å². The van der Waals surface area contributed by atoms with Crippen molar-refractivity contribution in [3.63, 3.8) is 0 Å². The fourth-order valence-electron chi connectivity index (χ4n) is 3.89. The average molecular weight is 919 g/mol. The van der Waals surface area contributed by atoms with E-state index in [1.165, 1.54) is 16.3 Å². The molecule has 0 saturated carbocycles. The van der Waals surface area contributed by atoms with Crippen LogP contribution in [0.4, 0.5) is 0 Å². The molecule has 1 atom stereocenters. The fourth-order valence-corrected chi connectivity index (χ4v) is 6.58. The van der Waals surface area contributed by atoms with Gasteiger partial charge in [-0.15, -0.1) is 0 Å². The number of aliphatic carboxylic acids is 1. The number of rotatable bonds is 7. The van der Waals surface area contributed by atoms with Gasteiger partial charge < -0.3 is 15.3 Å². The Balaban J connectivity index is 0.00000105. The maximum atomic E-state index is 10.5. The van der Waals surface area contributed by atoms with E-state index in [2.05, 4.69) is 109 Å². The topological polar surface area (TPSA) is 102 Å². The molecular weight excluding hydrogens is 892 g/mol. The van der Waals surface area contributed by atoms with Gasteiger partial charge in [-0.05, 0) is 127 Å². The summed E-state index contributed by atoms with van der Waals surface area (Å²) < 4.78 is 2.64. The van der Waals surface area contributed by atoms with E-state index in [-0.39, 0.29) is 34.3 Å². The normalized spacial score (nSPS) is 11.7. The molecule has 1 radical (unpaired) electrons. The van der Waals surface area contributed by atoms with Crippen LogP contribution in [-0.4, -0.2) is 46.3 Å². The van der Waals surface area contributed by atoms with E-state index in [0.717, 1.165) is 23.2 Å². The van der Waals surface area contributed by atoms with Gasteiger partial charge in [0.05, 0.1) is 19.7 Å². The molecule has 0 saturated heterocycles. The number of fused-ring (bicyclic) bond motifs is 1. The van der Waals surface area contributed by atoms with E-state index in [1.54, 1.807) is 12.4 Å². The molecule has 40 heavy (non-hydrogen) atoms. The zero-order valence-electron chi connectivity index (χ0n) is 21.6. The Bertz CT molecular complexity index is 1530. The summed E-state index contributed by atoms with van der Waals surface area (Å²) in [7, 11) is 0. The number of carbonyl (C=O) groups is 1. The molecule has 0 aliphatic heterocycles. The van der Waals surface area contributed by atoms with E-state index >= 15 is 0 Å². The second kappa shape index (κ2) is 16.6. The number of carboxylic acids is 1. The average Bonchev–Trinajstić information content (AvgIpc) is 2.87. The number of aliphatic imine (C=N–C) groups is 2. The van der Waals surface area contributed by atoms with E-state index in [1.807, 2.05) is 37.3 Å². The molecule has 211 valence electrons. The molecule has 3 N–H and O–H groups in total. The summed E-state index contributed by atoms with van der Waals surface area (Å²) in [6.45, 7) is 3.53. The van der Waals surface area contributed by atoms with Gasteiger partial charge in [0.2, 0.25) is 0 Å². The van der Waals surface area contributed by atoms with Crippen molar-refractivity contribution in [1.29, 1.82) is 0 Å². The van der Waals surface area contributed by atoms with Crippen LogP contribution in [0.3, 0.4) is 0 Å². The number of aromatic hydroxyl groups is 2. The second-order valence-electron chi connectivity index (χ2n) is 8.80. The zero-order chi connectivity index (χ0) is 28.5. The standard InChI is InChI=1S/C28H23I3N2O2.C2H4O2.Co/c1-17-9-20(27(34)25(30)10-17)14-32-16-23(33-15-21-11-22(29)13-26(31)28(21)35)12-19-7-4-6-18-5-2-3-8-24(18)19;1-2(3)4;/h2-11,13-15,23,34-35H,12,16H2,1H3;1H3,(H,3,4);. The van der Waals surface area contributed by atoms with Gasteiger partial charge in [-0.2, -0.15) is 0 Å². The smallest absolute Gasteiger partial charge is 0.300 e. The summed E-state index contributed by atoms with van der Waals surface area (Å²) in [4.78, 5) is 18.5. The Labute approximate surface area is 285 Å². The minimum Gasteiger partial charge on any atom is -0.506 e. The van der Waals surface area contributed by atoms with Gasteiger partial charge in [0.15, 0.2) is 0 Å². The van der Waals surface area contributed by atoms with Gasteiger partial charge in [0.25, 0.3) is 5.97 Å². The Hall–Kier alpha value is -1.75. The molecule has 0 amide bonds. The first-order chi connectivity index (χ1) is 18.5. The Morgan fingerprint density at radius 2 is 1.50 bits per heavy atom. The van der Waals surface area contributed by atoms with Crippen molar-refractivity contribution >= 4 is 96.9 Å². The van der Waals surface area contributed by atoms with Crippen LogP contribution >= 0.6 is 67.8 Å². The molecule has 0 bridgehead atoms. The van der Waals surface area contributed by atoms with Crippen LogP contribution in [0.15, 0.2) is 76.7 Å². The first-order valence-electron chi connectivity index (χ1n) is 11.9. The first kappa shape index (κ1) is 34.4. The first-order valence-corrected chi connectivity index (χ1v) is 15.1. The van der Waals surface area contributed by atoms with Crippen molar-refractivity contribution < 1.29 is 36.9 Å². The molecule has 0 spiro atoms. The van der Waals surface area contributed by atoms with E-state index in [0.29, 0.717) is 24.1 Å². The minimum absolute atomic E-state index is 0. The summed E-state index contributed by atoms with van der Waals surface area (Å²) >= 11 is 6.51. The Kier molecular flexibility index (Phi) is 14.3. The molecular formula is C30H27CoI3N2O4. The predicted octanol–water partition coefficient (Wildman–Crippen LogP) is 7.61. The second-order valence-corrected chi connectivity index (χ2v) is 12.4. The molecule has 10 heteroatoms. The van der Waals surface area contributed by atoms with Crippen LogP contribution in [0.25, 0.3) is 10.8 Å². The van der Waals surface area contributed by atoms with Gasteiger partial charge in [0.1, 0.15) is 11.5 Å². The third kappa shape index (κ3) is 10.3. The number of aryl methyl sites for hydroxylation is 1. The van der Waals surface area contributed by atoms with Crippen LogP contribution < -0.4 is 0 Å². The quantitative estimate of drug-likeness (QED) is 0.131. The van der Waals surface area contributed by atoms with Gasteiger partial charge in [-0.3, -0.25) is 14.8 Å². The van der Waals surface area contributed by atoms with Gasteiger partial charge >= 0.3 is 0 Å². The molecule has 0 heterocycles. The molecule has 1 unspecified atom stereocenters. The van der Waals surface area contributed by atoms with Gasteiger partial charge in [-0.25, -0.2) is 0 Å². The monoisotopic (exact) mass is 919 g/mol. The third-order valence-corrected chi connectivity index (χ3v) is 7.87. The number of hydrogen-bond donors (Lipinski definition) is 3. The van der Waals surface area contributed by atoms with E-state index in [9.17, 15) is 10.2 Å². The molecule has 6 nitrogen and oxygen atoms in total. The summed E-state index contributed by atoms with van der Waals surface area (Å²) in [6, 6.07) is 22.2. The van der Waals surface area contributed by atoms with Crippen molar-refractivity contribution in [2.75, 3.05) is 6.54 Å². The molecule has 4 aromatic carbocycles. The van der Waals surface area contributed by atoms with Gasteiger partial charge in [-0.1, -0.05) is 42.5 Å². The number of halogens is 3. The molecule has 4 aromatic rings. The number of phenolic OH excluding ortho intramolecular Hbond substituents is 2. The van der Waals surface area contributed by atoms with Gasteiger partial charge in [0, 0.05) is 50.8 Å². The zero-order valence-corrected chi connectivity index (χ0v) is 29.1. The maximum absolute atomic E-state index is 10.5. The van der Waals surface area contributed by atoms with Crippen molar-refractivity contribution in [2.45, 2.75) is 26.3 Å². The van der Waals surface area contributed by atoms with Crippen molar-refractivity contribution in [3.8, 4) is 11.5 Å². The number of benzene rings is 4. The predicted molar refractivity (Wildman–Crippen MR) is 184 cm³/mol. The summed E-state index contributed by atoms with van der Waals surface area (Å²) in [5.74, 6) is -0.353. The third-order valence-electron chi connectivity index (χ3n) is 5.60. The van der Waals surface area contributed by atoms with Crippen LogP contribution in [0, 0.1) is 17.6 Å². The van der Waals surface area contributed by atoms with Crippen LogP contribution in [0.5, 0.6) is 11.5 Å². The Morgan fingerprint density at radius 3 is 2.20 bits per heavy atom. The minimum atomic E-state index is -0.833. The van der Waals surface area contributed by atoms with Crippen LogP contribution in [-0.2, 0) is 28.0 Å². The maximum Gasteiger partial charge on any atom is 0.300 e. The van der Waals surface area contributed by atoms with E-state index in [4.69, 9.17) is 14.9 Å². The summed E-state index contributed by atoms with van der Waals surface area (Å²) in [6.07, 6.45) is 4.17. The number of nitrogens with zero attached hydrogens (tertiary/aromatic N) is 2. The summed E-state index contributed by atoms with van der Waals surface area (Å²) in [5.41, 5.74) is 3.67. The molecule has 0 fully saturated rings. The number of phenols is 2. The number of hydrogen-bond acceptors (Lipinski definition) is 5. The van der Waals surface area contributed by atoms with Crippen molar-refractivity contribution in [1.82, 2.24) is 0 Å². The molecule has 0 aliphatic carbocycles. The molecule has 0 aromatic heterocycles. The molecule has 0 aliphatic rings. The van der Waals surface area contributed by atoms with E-state index < -0.39 is 5.97 Å². The van der Waals surface area contributed by atoms with Crippen LogP contribution in [0.1, 0.15) is 29.2 Å². The number of carboxylic acid groups (broad SMARTS) is 1. The Morgan fingerprint density at radius 1 is 0.900 bits per heavy atom. The molecule has 4 rings (SSSR count). The van der Waals surface area contributed by atoms with Crippen molar-refractivity contribution in [3.05, 3.63) is 99.7 Å².